The van der Waals surface area contributed by atoms with Crippen molar-refractivity contribution in [1.29, 1.82) is 0 Å². The van der Waals surface area contributed by atoms with Gasteiger partial charge in [-0.05, 0) is 12.8 Å². The number of ether oxygens (including phenoxy) is 1. The van der Waals surface area contributed by atoms with Crippen LogP contribution in [0.25, 0.3) is 0 Å². The van der Waals surface area contributed by atoms with E-state index in [0.717, 1.165) is 37.8 Å². The van der Waals surface area contributed by atoms with Crippen molar-refractivity contribution in [3.63, 3.8) is 0 Å². The first-order valence-corrected chi connectivity index (χ1v) is 6.28. The molecule has 0 aromatic carbocycles. The Morgan fingerprint density at radius 1 is 1.41 bits per heavy atom. The zero-order valence-corrected chi connectivity index (χ0v) is 10.3. The number of hydrazone groups is 1. The van der Waals surface area contributed by atoms with E-state index >= 15 is 0 Å². The normalized spacial score (nSPS) is 30.4. The maximum Gasteiger partial charge on any atom is 0.248 e. The number of nitrogens with zero attached hydrogens (tertiary/aromatic N) is 2. The summed E-state index contributed by atoms with van der Waals surface area (Å²) in [4.78, 5) is 11.9. The maximum absolute atomic E-state index is 11.9. The minimum absolute atomic E-state index is 0.0111. The molecule has 5 nitrogen and oxygen atoms in total. The third kappa shape index (κ3) is 2.84. The van der Waals surface area contributed by atoms with E-state index in [-0.39, 0.29) is 11.9 Å². The van der Waals surface area contributed by atoms with E-state index in [1.165, 1.54) is 5.01 Å². The van der Waals surface area contributed by atoms with Gasteiger partial charge in [-0.15, -0.1) is 0 Å². The van der Waals surface area contributed by atoms with Gasteiger partial charge < -0.3 is 9.84 Å². The summed E-state index contributed by atoms with van der Waals surface area (Å²) in [6.07, 6.45) is 4.73. The van der Waals surface area contributed by atoms with Crippen LogP contribution in [-0.4, -0.2) is 47.6 Å². The summed E-state index contributed by atoms with van der Waals surface area (Å²) in [5.74, 6) is -0.0111. The van der Waals surface area contributed by atoms with Gasteiger partial charge >= 0.3 is 0 Å². The van der Waals surface area contributed by atoms with E-state index in [4.69, 9.17) is 4.74 Å². The second-order valence-corrected chi connectivity index (χ2v) is 4.79. The number of rotatable bonds is 3. The molecule has 5 heteroatoms. The Kier molecular flexibility index (Phi) is 4.12. The largest absolute Gasteiger partial charge is 0.391 e. The lowest BCUT2D eigenvalue weighted by Crippen LogP contribution is -2.41. The fourth-order valence-corrected chi connectivity index (χ4v) is 2.56. The summed E-state index contributed by atoms with van der Waals surface area (Å²) in [5.41, 5.74) is 0.758. The predicted octanol–water partition coefficient (Wildman–Crippen LogP) is 0.915. The smallest absolute Gasteiger partial charge is 0.248 e. The van der Waals surface area contributed by atoms with E-state index < -0.39 is 6.10 Å². The molecule has 0 radical (unpaired) electrons. The molecule has 1 fully saturated rings. The molecule has 0 aromatic rings. The number of amides is 1. The molecule has 1 aliphatic carbocycles. The second kappa shape index (κ2) is 5.60. The summed E-state index contributed by atoms with van der Waals surface area (Å²) in [6, 6.07) is -0.139. The fourth-order valence-electron chi connectivity index (χ4n) is 2.56. The van der Waals surface area contributed by atoms with Crippen LogP contribution in [0.3, 0.4) is 0 Å². The van der Waals surface area contributed by atoms with Crippen molar-refractivity contribution in [1.82, 2.24) is 5.01 Å². The summed E-state index contributed by atoms with van der Waals surface area (Å²) in [7, 11) is 1.59. The Morgan fingerprint density at radius 3 is 2.94 bits per heavy atom. The first-order valence-electron chi connectivity index (χ1n) is 6.28. The quantitative estimate of drug-likeness (QED) is 0.746. The lowest BCUT2D eigenvalue weighted by atomic mass is 10.1. The highest BCUT2D eigenvalue weighted by Gasteiger charge is 2.34. The summed E-state index contributed by atoms with van der Waals surface area (Å²) in [5, 5.41) is 15.8. The second-order valence-electron chi connectivity index (χ2n) is 4.79. The van der Waals surface area contributed by atoms with Crippen LogP contribution in [0.1, 0.15) is 38.5 Å². The number of aliphatic hydroxyl groups is 1. The molecule has 96 valence electrons. The molecule has 2 unspecified atom stereocenters. The minimum Gasteiger partial charge on any atom is -0.391 e. The molecule has 0 aromatic heterocycles. The first-order chi connectivity index (χ1) is 8.22. The predicted molar refractivity (Wildman–Crippen MR) is 63.7 cm³/mol. The van der Waals surface area contributed by atoms with Crippen LogP contribution in [0, 0.1) is 0 Å². The molecule has 1 aliphatic heterocycles. The van der Waals surface area contributed by atoms with Crippen molar-refractivity contribution < 1.29 is 14.6 Å². The van der Waals surface area contributed by atoms with Gasteiger partial charge in [-0.2, -0.15) is 5.10 Å². The standard InChI is InChI=1S/C12H20N2O3/c1-17-8-9-7-12(16)14(13-9)10-5-3-2-4-6-11(10)15/h10-11,15H,2-8H2,1H3. The molecule has 1 amide bonds. The van der Waals surface area contributed by atoms with Gasteiger partial charge in [-0.3, -0.25) is 4.79 Å². The number of carbonyl (C=O) groups excluding carboxylic acids is 1. The van der Waals surface area contributed by atoms with Gasteiger partial charge in [0.1, 0.15) is 0 Å². The Labute approximate surface area is 101 Å². The highest BCUT2D eigenvalue weighted by molar-refractivity contribution is 6.05. The lowest BCUT2D eigenvalue weighted by molar-refractivity contribution is -0.133. The van der Waals surface area contributed by atoms with Crippen LogP contribution in [0.2, 0.25) is 0 Å². The average molecular weight is 240 g/mol. The summed E-state index contributed by atoms with van der Waals surface area (Å²) in [6.45, 7) is 0.394. The Bertz CT molecular complexity index is 317. The van der Waals surface area contributed by atoms with Gasteiger partial charge in [0.05, 0.1) is 30.9 Å². The number of hydrogen-bond acceptors (Lipinski definition) is 4. The monoisotopic (exact) mass is 240 g/mol. The first kappa shape index (κ1) is 12.5. The number of carbonyl (C=O) groups is 1. The maximum atomic E-state index is 11.9. The molecule has 0 bridgehead atoms. The third-order valence-corrected chi connectivity index (χ3v) is 3.43. The summed E-state index contributed by atoms with van der Waals surface area (Å²) < 4.78 is 4.99. The van der Waals surface area contributed by atoms with E-state index in [1.807, 2.05) is 0 Å². The van der Waals surface area contributed by atoms with Crippen LogP contribution in [0.5, 0.6) is 0 Å². The molecule has 2 atom stereocenters. The van der Waals surface area contributed by atoms with Crippen molar-refractivity contribution >= 4 is 11.6 Å². The number of hydrogen-bond donors (Lipinski definition) is 1. The average Bonchev–Trinajstić information content (AvgIpc) is 2.52. The van der Waals surface area contributed by atoms with E-state index in [2.05, 4.69) is 5.10 Å². The van der Waals surface area contributed by atoms with Crippen LogP contribution in [-0.2, 0) is 9.53 Å². The topological polar surface area (TPSA) is 62.1 Å². The molecule has 1 heterocycles. The molecule has 1 N–H and O–H groups in total. The molecule has 0 spiro atoms. The fraction of sp³-hybridized carbons (Fsp3) is 0.833. The Morgan fingerprint density at radius 2 is 2.18 bits per heavy atom. The van der Waals surface area contributed by atoms with Crippen LogP contribution < -0.4 is 0 Å². The third-order valence-electron chi connectivity index (χ3n) is 3.43. The molecular weight excluding hydrogens is 220 g/mol. The SMILES string of the molecule is COCC1=NN(C2CCCCCC2O)C(=O)C1. The van der Waals surface area contributed by atoms with Gasteiger partial charge in [0.15, 0.2) is 0 Å². The molecule has 1 saturated carbocycles. The van der Waals surface area contributed by atoms with Crippen LogP contribution >= 0.6 is 0 Å². The van der Waals surface area contributed by atoms with E-state index in [1.54, 1.807) is 7.11 Å². The van der Waals surface area contributed by atoms with Gasteiger partial charge in [0, 0.05) is 7.11 Å². The van der Waals surface area contributed by atoms with Gasteiger partial charge in [0.2, 0.25) is 5.91 Å². The van der Waals surface area contributed by atoms with Gasteiger partial charge in [0.25, 0.3) is 0 Å². The molecule has 0 saturated heterocycles. The Balaban J connectivity index is 2.06. The molecule has 2 aliphatic rings. The highest BCUT2D eigenvalue weighted by Crippen LogP contribution is 2.25. The van der Waals surface area contributed by atoms with Crippen molar-refractivity contribution in [2.24, 2.45) is 5.10 Å². The van der Waals surface area contributed by atoms with E-state index in [9.17, 15) is 9.90 Å². The van der Waals surface area contributed by atoms with Crippen LogP contribution in [0.4, 0.5) is 0 Å². The van der Waals surface area contributed by atoms with Crippen molar-refractivity contribution in [2.75, 3.05) is 13.7 Å². The van der Waals surface area contributed by atoms with Crippen molar-refractivity contribution in [2.45, 2.75) is 50.7 Å². The van der Waals surface area contributed by atoms with E-state index in [0.29, 0.717) is 13.0 Å². The van der Waals surface area contributed by atoms with Gasteiger partial charge in [-0.25, -0.2) is 5.01 Å². The van der Waals surface area contributed by atoms with Crippen LogP contribution in [0.15, 0.2) is 5.10 Å². The van der Waals surface area contributed by atoms with Gasteiger partial charge in [-0.1, -0.05) is 19.3 Å². The lowest BCUT2D eigenvalue weighted by Gasteiger charge is -2.27. The molecule has 17 heavy (non-hydrogen) atoms. The zero-order valence-electron chi connectivity index (χ0n) is 10.3. The van der Waals surface area contributed by atoms with Crippen molar-refractivity contribution in [3.05, 3.63) is 0 Å². The summed E-state index contributed by atoms with van der Waals surface area (Å²) >= 11 is 0. The number of methoxy groups -OCH3 is 1. The molecular formula is C12H20N2O3. The molecule has 2 rings (SSSR count). The zero-order chi connectivity index (χ0) is 12.3. The highest BCUT2D eigenvalue weighted by atomic mass is 16.5. The van der Waals surface area contributed by atoms with Crippen molar-refractivity contribution in [3.8, 4) is 0 Å². The number of aliphatic hydroxyl groups excluding tert-OH is 1. The Hall–Kier alpha value is -0.940. The minimum atomic E-state index is -0.438.